The molecule has 0 aliphatic carbocycles. The fraction of sp³-hybridized carbons (Fsp3) is 0.500. The standard InChI is InChI=1S/C10H13N5O4/c16-8(6-1-2-15(4-6)10(18)19)11-3-7-9(17)12-5-13-14-7/h5-6H,1-4H2,(H,11,16)(H,18,19)(H,12,13,17)/t6-/m1/s1. The highest BCUT2D eigenvalue weighted by Crippen LogP contribution is 2.16. The van der Waals surface area contributed by atoms with Gasteiger partial charge in [0.15, 0.2) is 0 Å². The van der Waals surface area contributed by atoms with Crippen LogP contribution in [0.15, 0.2) is 11.1 Å². The van der Waals surface area contributed by atoms with Crippen LogP contribution < -0.4 is 10.9 Å². The summed E-state index contributed by atoms with van der Waals surface area (Å²) in [7, 11) is 0. The highest BCUT2D eigenvalue weighted by atomic mass is 16.4. The van der Waals surface area contributed by atoms with Crippen molar-refractivity contribution in [2.24, 2.45) is 5.92 Å². The minimum Gasteiger partial charge on any atom is -0.465 e. The molecule has 1 aromatic heterocycles. The maximum atomic E-state index is 11.8. The zero-order valence-corrected chi connectivity index (χ0v) is 10.00. The van der Waals surface area contributed by atoms with Crippen LogP contribution in [0.4, 0.5) is 4.79 Å². The molecule has 0 spiro atoms. The predicted octanol–water partition coefficient (Wildman–Crippen LogP) is -1.22. The summed E-state index contributed by atoms with van der Waals surface area (Å²) in [4.78, 5) is 37.4. The van der Waals surface area contributed by atoms with Gasteiger partial charge in [-0.1, -0.05) is 0 Å². The highest BCUT2D eigenvalue weighted by molar-refractivity contribution is 5.80. The van der Waals surface area contributed by atoms with Crippen LogP contribution in [0, 0.1) is 5.92 Å². The molecule has 9 heteroatoms. The van der Waals surface area contributed by atoms with Crippen molar-refractivity contribution in [1.82, 2.24) is 25.4 Å². The molecule has 0 radical (unpaired) electrons. The molecule has 1 fully saturated rings. The number of aromatic nitrogens is 3. The van der Waals surface area contributed by atoms with Gasteiger partial charge >= 0.3 is 6.09 Å². The molecule has 1 aliphatic heterocycles. The van der Waals surface area contributed by atoms with Crippen molar-refractivity contribution in [2.75, 3.05) is 13.1 Å². The fourth-order valence-corrected chi connectivity index (χ4v) is 1.89. The monoisotopic (exact) mass is 267 g/mol. The van der Waals surface area contributed by atoms with Crippen molar-refractivity contribution in [3.63, 3.8) is 0 Å². The molecule has 0 aromatic carbocycles. The van der Waals surface area contributed by atoms with E-state index in [9.17, 15) is 14.4 Å². The molecule has 1 aliphatic rings. The topological polar surface area (TPSA) is 128 Å². The summed E-state index contributed by atoms with van der Waals surface area (Å²) in [5, 5.41) is 18.5. The molecule has 2 rings (SSSR count). The molecule has 9 nitrogen and oxygen atoms in total. The average Bonchev–Trinajstić information content (AvgIpc) is 2.87. The van der Waals surface area contributed by atoms with Gasteiger partial charge in [0.25, 0.3) is 5.56 Å². The molecule has 1 atom stereocenters. The number of amides is 2. The quantitative estimate of drug-likeness (QED) is 0.629. The van der Waals surface area contributed by atoms with Gasteiger partial charge in [-0.25, -0.2) is 4.79 Å². The first-order chi connectivity index (χ1) is 9.08. The van der Waals surface area contributed by atoms with E-state index < -0.39 is 11.7 Å². The van der Waals surface area contributed by atoms with Gasteiger partial charge in [-0.2, -0.15) is 0 Å². The summed E-state index contributed by atoms with van der Waals surface area (Å²) in [5.74, 6) is -0.666. The third kappa shape index (κ3) is 3.06. The Morgan fingerprint density at radius 1 is 1.58 bits per heavy atom. The van der Waals surface area contributed by atoms with Crippen LogP contribution in [0.5, 0.6) is 0 Å². The molecular formula is C10H13N5O4. The van der Waals surface area contributed by atoms with Crippen molar-refractivity contribution in [2.45, 2.75) is 13.0 Å². The van der Waals surface area contributed by atoms with Crippen molar-refractivity contribution >= 4 is 12.0 Å². The lowest BCUT2D eigenvalue weighted by Gasteiger charge is -2.12. The number of H-pyrrole nitrogens is 1. The number of rotatable bonds is 3. The van der Waals surface area contributed by atoms with E-state index in [0.29, 0.717) is 13.0 Å². The Balaban J connectivity index is 1.88. The normalized spacial score (nSPS) is 18.3. The van der Waals surface area contributed by atoms with Gasteiger partial charge in [0.1, 0.15) is 12.0 Å². The van der Waals surface area contributed by atoms with Gasteiger partial charge in [-0.3, -0.25) is 9.59 Å². The number of hydrogen-bond acceptors (Lipinski definition) is 5. The number of likely N-dealkylation sites (tertiary alicyclic amines) is 1. The number of aromatic amines is 1. The average molecular weight is 267 g/mol. The van der Waals surface area contributed by atoms with Gasteiger partial charge in [-0.15, -0.1) is 10.2 Å². The maximum absolute atomic E-state index is 11.8. The van der Waals surface area contributed by atoms with Gasteiger partial charge in [0.2, 0.25) is 5.91 Å². The van der Waals surface area contributed by atoms with E-state index >= 15 is 0 Å². The number of nitrogens with one attached hydrogen (secondary N) is 2. The second-order valence-corrected chi connectivity index (χ2v) is 4.20. The Labute approximate surface area is 107 Å². The van der Waals surface area contributed by atoms with E-state index in [4.69, 9.17) is 5.11 Å². The lowest BCUT2D eigenvalue weighted by atomic mass is 10.1. The van der Waals surface area contributed by atoms with E-state index in [-0.39, 0.29) is 30.6 Å². The zero-order chi connectivity index (χ0) is 13.8. The van der Waals surface area contributed by atoms with Crippen LogP contribution >= 0.6 is 0 Å². The Morgan fingerprint density at radius 2 is 2.37 bits per heavy atom. The Bertz CT molecular complexity index is 543. The van der Waals surface area contributed by atoms with Crippen molar-refractivity contribution in [1.29, 1.82) is 0 Å². The van der Waals surface area contributed by atoms with Crippen molar-refractivity contribution in [3.8, 4) is 0 Å². The van der Waals surface area contributed by atoms with Gasteiger partial charge in [0, 0.05) is 13.1 Å². The first-order valence-corrected chi connectivity index (χ1v) is 5.72. The van der Waals surface area contributed by atoms with Crippen LogP contribution in [0.3, 0.4) is 0 Å². The van der Waals surface area contributed by atoms with Crippen LogP contribution in [0.25, 0.3) is 0 Å². The second kappa shape index (κ2) is 5.46. The van der Waals surface area contributed by atoms with E-state index in [1.54, 1.807) is 0 Å². The molecule has 1 saturated heterocycles. The molecule has 19 heavy (non-hydrogen) atoms. The molecule has 1 aromatic rings. The Hall–Kier alpha value is -2.45. The Kier molecular flexibility index (Phi) is 3.74. The lowest BCUT2D eigenvalue weighted by molar-refractivity contribution is -0.124. The molecule has 2 heterocycles. The molecule has 3 N–H and O–H groups in total. The molecule has 0 bridgehead atoms. The second-order valence-electron chi connectivity index (χ2n) is 4.20. The Morgan fingerprint density at radius 3 is 3.00 bits per heavy atom. The molecule has 102 valence electrons. The number of nitrogens with zero attached hydrogens (tertiary/aromatic N) is 3. The molecule has 2 amide bonds. The zero-order valence-electron chi connectivity index (χ0n) is 10.00. The van der Waals surface area contributed by atoms with E-state index in [2.05, 4.69) is 20.5 Å². The summed E-state index contributed by atoms with van der Waals surface area (Å²) < 4.78 is 0. The number of hydrogen-bond donors (Lipinski definition) is 3. The number of carboxylic acid groups (broad SMARTS) is 1. The maximum Gasteiger partial charge on any atom is 0.407 e. The van der Waals surface area contributed by atoms with Crippen molar-refractivity contribution < 1.29 is 14.7 Å². The van der Waals surface area contributed by atoms with Crippen LogP contribution in [0.1, 0.15) is 12.1 Å². The first-order valence-electron chi connectivity index (χ1n) is 5.72. The molecule has 0 saturated carbocycles. The van der Waals surface area contributed by atoms with E-state index in [0.717, 1.165) is 6.33 Å². The SMILES string of the molecule is O=C(NCc1nnc[nH]c1=O)[C@@H]1CCN(C(=O)O)C1. The van der Waals surface area contributed by atoms with Crippen LogP contribution in [-0.2, 0) is 11.3 Å². The third-order valence-corrected chi connectivity index (χ3v) is 2.95. The van der Waals surface area contributed by atoms with Gasteiger partial charge in [-0.05, 0) is 6.42 Å². The predicted molar refractivity (Wildman–Crippen MR) is 62.2 cm³/mol. The fourth-order valence-electron chi connectivity index (χ4n) is 1.89. The highest BCUT2D eigenvalue weighted by Gasteiger charge is 2.30. The van der Waals surface area contributed by atoms with Gasteiger partial charge in [0.05, 0.1) is 12.5 Å². The summed E-state index contributed by atoms with van der Waals surface area (Å²) in [6, 6.07) is 0. The minimum atomic E-state index is -1.03. The van der Waals surface area contributed by atoms with E-state index in [1.807, 2.05) is 0 Å². The number of carbonyl (C=O) groups is 2. The summed E-state index contributed by atoms with van der Waals surface area (Å²) >= 11 is 0. The first kappa shape index (κ1) is 13.0. The summed E-state index contributed by atoms with van der Waals surface area (Å²) in [5.41, 5.74) is -0.294. The van der Waals surface area contributed by atoms with E-state index in [1.165, 1.54) is 4.90 Å². The van der Waals surface area contributed by atoms with Crippen LogP contribution in [0.2, 0.25) is 0 Å². The third-order valence-electron chi connectivity index (χ3n) is 2.95. The largest absolute Gasteiger partial charge is 0.465 e. The summed E-state index contributed by atoms with van der Waals surface area (Å²) in [6.45, 7) is 0.503. The number of carbonyl (C=O) groups excluding carboxylic acids is 1. The molecule has 0 unspecified atom stereocenters. The minimum absolute atomic E-state index is 0.0222. The lowest BCUT2D eigenvalue weighted by Crippen LogP contribution is -2.35. The molecular weight excluding hydrogens is 254 g/mol. The van der Waals surface area contributed by atoms with Crippen molar-refractivity contribution in [3.05, 3.63) is 22.4 Å². The van der Waals surface area contributed by atoms with Gasteiger partial charge < -0.3 is 20.3 Å². The van der Waals surface area contributed by atoms with Crippen LogP contribution in [-0.4, -0.2) is 50.3 Å². The smallest absolute Gasteiger partial charge is 0.407 e. The summed E-state index contributed by atoms with van der Waals surface area (Å²) in [6.07, 6.45) is 0.616.